The van der Waals surface area contributed by atoms with Gasteiger partial charge in [0.05, 0.1) is 13.2 Å². The maximum Gasteiger partial charge on any atom is 0.254 e. The van der Waals surface area contributed by atoms with E-state index in [2.05, 4.69) is 9.97 Å². The highest BCUT2D eigenvalue weighted by molar-refractivity contribution is 5.94. The van der Waals surface area contributed by atoms with Crippen molar-refractivity contribution in [3.63, 3.8) is 0 Å². The minimum atomic E-state index is -0.0856. The van der Waals surface area contributed by atoms with Gasteiger partial charge in [0.15, 0.2) is 0 Å². The monoisotopic (exact) mass is 269 g/mol. The number of ether oxygens (including phenoxy) is 1. The second-order valence-corrected chi connectivity index (χ2v) is 4.63. The maximum absolute atomic E-state index is 12.4. The number of pyridine rings is 2. The van der Waals surface area contributed by atoms with Crippen LogP contribution in [0.4, 0.5) is 0 Å². The smallest absolute Gasteiger partial charge is 0.254 e. The van der Waals surface area contributed by atoms with E-state index in [1.54, 1.807) is 36.9 Å². The van der Waals surface area contributed by atoms with E-state index in [1.165, 1.54) is 0 Å². The topological polar surface area (TPSA) is 55.3 Å². The van der Waals surface area contributed by atoms with Crippen molar-refractivity contribution in [1.82, 2.24) is 14.9 Å². The summed E-state index contributed by atoms with van der Waals surface area (Å²) in [7, 11) is 0. The third-order valence-electron chi connectivity index (χ3n) is 3.36. The fourth-order valence-electron chi connectivity index (χ4n) is 2.29. The summed E-state index contributed by atoms with van der Waals surface area (Å²) in [4.78, 5) is 22.2. The van der Waals surface area contributed by atoms with Crippen LogP contribution in [0.25, 0.3) is 0 Å². The van der Waals surface area contributed by atoms with Gasteiger partial charge in [0, 0.05) is 36.9 Å². The van der Waals surface area contributed by atoms with Gasteiger partial charge >= 0.3 is 0 Å². The van der Waals surface area contributed by atoms with Crippen LogP contribution < -0.4 is 0 Å². The Bertz CT molecular complexity index is 574. The molecule has 5 heteroatoms. The van der Waals surface area contributed by atoms with Crippen molar-refractivity contribution in [3.8, 4) is 0 Å². The normalized spacial score (nSPS) is 18.8. The average Bonchev–Trinajstić information content (AvgIpc) is 2.56. The fourth-order valence-corrected chi connectivity index (χ4v) is 2.29. The van der Waals surface area contributed by atoms with Crippen molar-refractivity contribution < 1.29 is 9.53 Å². The third-order valence-corrected chi connectivity index (χ3v) is 3.36. The first-order chi connectivity index (χ1) is 9.84. The highest BCUT2D eigenvalue weighted by Gasteiger charge is 2.25. The predicted molar refractivity (Wildman–Crippen MR) is 73.1 cm³/mol. The highest BCUT2D eigenvalue weighted by Crippen LogP contribution is 2.22. The molecule has 0 aromatic carbocycles. The largest absolute Gasteiger partial charge is 0.370 e. The second kappa shape index (κ2) is 5.79. The summed E-state index contributed by atoms with van der Waals surface area (Å²) in [6, 6.07) is 7.31. The molecule has 0 bridgehead atoms. The Morgan fingerprint density at radius 2 is 1.75 bits per heavy atom. The molecule has 1 fully saturated rings. The molecule has 3 heterocycles. The molecule has 20 heavy (non-hydrogen) atoms. The van der Waals surface area contributed by atoms with Gasteiger partial charge < -0.3 is 9.64 Å². The van der Waals surface area contributed by atoms with E-state index < -0.39 is 0 Å². The van der Waals surface area contributed by atoms with Gasteiger partial charge in [-0.3, -0.25) is 14.8 Å². The lowest BCUT2D eigenvalue weighted by Crippen LogP contribution is -2.42. The van der Waals surface area contributed by atoms with Crippen LogP contribution in [-0.4, -0.2) is 40.5 Å². The van der Waals surface area contributed by atoms with Crippen LogP contribution >= 0.6 is 0 Å². The molecule has 1 unspecified atom stereocenters. The number of carbonyl (C=O) groups is 1. The molecule has 1 atom stereocenters. The lowest BCUT2D eigenvalue weighted by atomic mass is 10.1. The number of nitrogens with zero attached hydrogens (tertiary/aromatic N) is 3. The number of hydrogen-bond acceptors (Lipinski definition) is 4. The van der Waals surface area contributed by atoms with E-state index in [-0.39, 0.29) is 12.0 Å². The SMILES string of the molecule is O=C(c1ccncc1)N1CCOC(c2ccncc2)C1. The van der Waals surface area contributed by atoms with Gasteiger partial charge in [0.1, 0.15) is 6.10 Å². The van der Waals surface area contributed by atoms with Crippen LogP contribution in [0.1, 0.15) is 22.0 Å². The summed E-state index contributed by atoms with van der Waals surface area (Å²) < 4.78 is 5.75. The van der Waals surface area contributed by atoms with Gasteiger partial charge in [-0.05, 0) is 29.8 Å². The number of rotatable bonds is 2. The summed E-state index contributed by atoms with van der Waals surface area (Å²) in [6.07, 6.45) is 6.66. The minimum absolute atomic E-state index is 0.0229. The summed E-state index contributed by atoms with van der Waals surface area (Å²) in [6.45, 7) is 1.72. The molecular weight excluding hydrogens is 254 g/mol. The predicted octanol–water partition coefficient (Wildman–Crippen LogP) is 1.69. The Labute approximate surface area is 117 Å². The molecular formula is C15H15N3O2. The lowest BCUT2D eigenvalue weighted by Gasteiger charge is -2.33. The van der Waals surface area contributed by atoms with E-state index >= 15 is 0 Å². The van der Waals surface area contributed by atoms with Gasteiger partial charge in [0.25, 0.3) is 5.91 Å². The molecule has 0 spiro atoms. The van der Waals surface area contributed by atoms with E-state index in [0.29, 0.717) is 25.3 Å². The average molecular weight is 269 g/mol. The van der Waals surface area contributed by atoms with E-state index in [4.69, 9.17) is 4.74 Å². The molecule has 0 N–H and O–H groups in total. The Morgan fingerprint density at radius 3 is 2.45 bits per heavy atom. The molecule has 1 aliphatic rings. The van der Waals surface area contributed by atoms with Crippen molar-refractivity contribution in [1.29, 1.82) is 0 Å². The maximum atomic E-state index is 12.4. The van der Waals surface area contributed by atoms with Gasteiger partial charge in [-0.15, -0.1) is 0 Å². The zero-order valence-corrected chi connectivity index (χ0v) is 11.0. The van der Waals surface area contributed by atoms with Crippen LogP contribution in [0.3, 0.4) is 0 Å². The standard InChI is InChI=1S/C15H15N3O2/c19-15(13-3-7-17-8-4-13)18-9-10-20-14(11-18)12-1-5-16-6-2-12/h1-8,14H,9-11H2. The summed E-state index contributed by atoms with van der Waals surface area (Å²) in [5, 5.41) is 0. The Kier molecular flexibility index (Phi) is 3.69. The van der Waals surface area contributed by atoms with E-state index in [9.17, 15) is 4.79 Å². The molecule has 1 aliphatic heterocycles. The van der Waals surface area contributed by atoms with Crippen molar-refractivity contribution in [2.75, 3.05) is 19.7 Å². The summed E-state index contributed by atoms with van der Waals surface area (Å²) in [5.74, 6) is 0.0229. The zero-order valence-electron chi connectivity index (χ0n) is 11.0. The first-order valence-corrected chi connectivity index (χ1v) is 6.55. The first-order valence-electron chi connectivity index (χ1n) is 6.55. The Morgan fingerprint density at radius 1 is 1.10 bits per heavy atom. The molecule has 1 amide bonds. The quantitative estimate of drug-likeness (QED) is 0.832. The molecule has 5 nitrogen and oxygen atoms in total. The fraction of sp³-hybridized carbons (Fsp3) is 0.267. The highest BCUT2D eigenvalue weighted by atomic mass is 16.5. The van der Waals surface area contributed by atoms with Gasteiger partial charge in [-0.1, -0.05) is 0 Å². The zero-order chi connectivity index (χ0) is 13.8. The first kappa shape index (κ1) is 12.7. The van der Waals surface area contributed by atoms with Crippen LogP contribution in [0.5, 0.6) is 0 Å². The van der Waals surface area contributed by atoms with E-state index in [1.807, 2.05) is 17.0 Å². The van der Waals surface area contributed by atoms with Crippen molar-refractivity contribution in [3.05, 3.63) is 60.2 Å². The number of carbonyl (C=O) groups excluding carboxylic acids is 1. The summed E-state index contributed by atoms with van der Waals surface area (Å²) in [5.41, 5.74) is 1.71. The molecule has 102 valence electrons. The number of amides is 1. The van der Waals surface area contributed by atoms with Gasteiger partial charge in [-0.2, -0.15) is 0 Å². The van der Waals surface area contributed by atoms with Crippen LogP contribution in [0, 0.1) is 0 Å². The Hall–Kier alpha value is -2.27. The van der Waals surface area contributed by atoms with Crippen molar-refractivity contribution in [2.24, 2.45) is 0 Å². The molecule has 2 aromatic heterocycles. The summed E-state index contributed by atoms with van der Waals surface area (Å²) >= 11 is 0. The van der Waals surface area contributed by atoms with Crippen LogP contribution in [0.15, 0.2) is 49.1 Å². The number of morpholine rings is 1. The van der Waals surface area contributed by atoms with Gasteiger partial charge in [-0.25, -0.2) is 0 Å². The number of hydrogen-bond donors (Lipinski definition) is 0. The van der Waals surface area contributed by atoms with Crippen LogP contribution in [-0.2, 0) is 4.74 Å². The van der Waals surface area contributed by atoms with Crippen LogP contribution in [0.2, 0.25) is 0 Å². The third kappa shape index (κ3) is 2.67. The van der Waals surface area contributed by atoms with Crippen molar-refractivity contribution >= 4 is 5.91 Å². The minimum Gasteiger partial charge on any atom is -0.370 e. The molecule has 1 saturated heterocycles. The van der Waals surface area contributed by atoms with E-state index in [0.717, 1.165) is 5.56 Å². The Balaban J connectivity index is 1.74. The second-order valence-electron chi connectivity index (χ2n) is 4.63. The molecule has 0 aliphatic carbocycles. The van der Waals surface area contributed by atoms with Gasteiger partial charge in [0.2, 0.25) is 0 Å². The van der Waals surface area contributed by atoms with Crippen molar-refractivity contribution in [2.45, 2.75) is 6.10 Å². The number of aromatic nitrogens is 2. The lowest BCUT2D eigenvalue weighted by molar-refractivity contribution is -0.0228. The molecule has 0 radical (unpaired) electrons. The molecule has 2 aromatic rings. The molecule has 3 rings (SSSR count). The molecule has 0 saturated carbocycles.